The van der Waals surface area contributed by atoms with Gasteiger partial charge in [0.05, 0.1) is 6.10 Å². The third-order valence-electron chi connectivity index (χ3n) is 5.35. The average molecular weight is 340 g/mol. The van der Waals surface area contributed by atoms with Crippen LogP contribution in [0.25, 0.3) is 6.08 Å². The molecule has 1 unspecified atom stereocenters. The second kappa shape index (κ2) is 7.00. The molecule has 1 atom stereocenters. The van der Waals surface area contributed by atoms with Crippen LogP contribution in [0, 0.1) is 0 Å². The molecule has 0 spiro atoms. The summed E-state index contributed by atoms with van der Waals surface area (Å²) in [6, 6.07) is 9.28. The molecule has 5 heteroatoms. The van der Waals surface area contributed by atoms with Gasteiger partial charge in [-0.25, -0.2) is 0 Å². The van der Waals surface area contributed by atoms with E-state index in [1.165, 1.54) is 11.5 Å². The number of fused-ring (bicyclic) bond motifs is 1. The van der Waals surface area contributed by atoms with Crippen LogP contribution < -0.4 is 0 Å². The van der Waals surface area contributed by atoms with E-state index in [1.54, 1.807) is 11.0 Å². The Hall–Kier alpha value is -2.14. The topological polar surface area (TPSA) is 49.9 Å². The number of amides is 2. The summed E-state index contributed by atoms with van der Waals surface area (Å²) in [5, 5.41) is 1.32. The molecular weight excluding hydrogens is 316 g/mol. The fraction of sp³-hybridized carbons (Fsp3) is 0.500. The zero-order valence-electron chi connectivity index (χ0n) is 14.4. The summed E-state index contributed by atoms with van der Waals surface area (Å²) in [5.74, 6) is -0.188. The SMILES string of the molecule is O=C1C2CCCN2C(=O)/C(=C\c2ccccc2)N1OC1CCCCC1. The van der Waals surface area contributed by atoms with Crippen molar-refractivity contribution in [1.82, 2.24) is 9.96 Å². The van der Waals surface area contributed by atoms with E-state index >= 15 is 0 Å². The summed E-state index contributed by atoms with van der Waals surface area (Å²) in [6.07, 6.45) is 8.76. The second-order valence-corrected chi connectivity index (χ2v) is 7.09. The van der Waals surface area contributed by atoms with Crippen molar-refractivity contribution in [3.8, 4) is 0 Å². The molecule has 5 nitrogen and oxygen atoms in total. The maximum Gasteiger partial charge on any atom is 0.273 e. The van der Waals surface area contributed by atoms with Crippen molar-refractivity contribution >= 4 is 17.9 Å². The van der Waals surface area contributed by atoms with Crippen molar-refractivity contribution in [2.45, 2.75) is 57.1 Å². The second-order valence-electron chi connectivity index (χ2n) is 7.09. The molecule has 0 bridgehead atoms. The molecular formula is C20H24N2O3. The van der Waals surface area contributed by atoms with Crippen LogP contribution in [0.15, 0.2) is 36.0 Å². The van der Waals surface area contributed by atoms with E-state index in [2.05, 4.69) is 0 Å². The Balaban J connectivity index is 1.66. The van der Waals surface area contributed by atoms with E-state index in [0.29, 0.717) is 12.2 Å². The van der Waals surface area contributed by atoms with E-state index in [0.717, 1.165) is 44.1 Å². The predicted molar refractivity (Wildman–Crippen MR) is 94.0 cm³/mol. The van der Waals surface area contributed by atoms with E-state index in [4.69, 9.17) is 4.84 Å². The maximum absolute atomic E-state index is 13.0. The molecule has 1 aromatic carbocycles. The molecule has 2 saturated heterocycles. The molecule has 3 fully saturated rings. The Labute approximate surface area is 148 Å². The first-order valence-electron chi connectivity index (χ1n) is 9.32. The molecule has 1 aromatic rings. The minimum absolute atomic E-state index is 0.0256. The van der Waals surface area contributed by atoms with Gasteiger partial charge in [-0.2, -0.15) is 5.06 Å². The van der Waals surface area contributed by atoms with Crippen molar-refractivity contribution in [3.63, 3.8) is 0 Å². The third kappa shape index (κ3) is 3.21. The fourth-order valence-corrected chi connectivity index (χ4v) is 4.01. The Morgan fingerprint density at radius 2 is 1.72 bits per heavy atom. The van der Waals surface area contributed by atoms with Gasteiger partial charge in [-0.15, -0.1) is 0 Å². The van der Waals surface area contributed by atoms with E-state index in [1.807, 2.05) is 30.3 Å². The van der Waals surface area contributed by atoms with Gasteiger partial charge in [0.15, 0.2) is 0 Å². The van der Waals surface area contributed by atoms with Crippen LogP contribution in [0.2, 0.25) is 0 Å². The molecule has 0 aromatic heterocycles. The molecule has 132 valence electrons. The third-order valence-corrected chi connectivity index (χ3v) is 5.35. The van der Waals surface area contributed by atoms with Crippen molar-refractivity contribution in [1.29, 1.82) is 0 Å². The first-order valence-corrected chi connectivity index (χ1v) is 9.32. The molecule has 1 saturated carbocycles. The molecule has 25 heavy (non-hydrogen) atoms. The summed E-state index contributed by atoms with van der Waals surface area (Å²) in [6.45, 7) is 0.651. The highest BCUT2D eigenvalue weighted by Crippen LogP contribution is 2.32. The number of nitrogens with zero attached hydrogens (tertiary/aromatic N) is 2. The smallest absolute Gasteiger partial charge is 0.273 e. The zero-order chi connectivity index (χ0) is 17.2. The van der Waals surface area contributed by atoms with E-state index in [9.17, 15) is 9.59 Å². The molecule has 2 amide bonds. The van der Waals surface area contributed by atoms with Gasteiger partial charge in [-0.05, 0) is 37.3 Å². The van der Waals surface area contributed by atoms with Crippen LogP contribution in [-0.2, 0) is 14.4 Å². The van der Waals surface area contributed by atoms with Crippen molar-refractivity contribution in [2.24, 2.45) is 0 Å². The molecule has 2 heterocycles. The van der Waals surface area contributed by atoms with Crippen LogP contribution in [0.3, 0.4) is 0 Å². The van der Waals surface area contributed by atoms with Gasteiger partial charge in [-0.3, -0.25) is 14.4 Å². The summed E-state index contributed by atoms with van der Waals surface area (Å²) in [5.41, 5.74) is 1.24. The highest BCUT2D eigenvalue weighted by atomic mass is 16.7. The van der Waals surface area contributed by atoms with E-state index < -0.39 is 0 Å². The van der Waals surface area contributed by atoms with E-state index in [-0.39, 0.29) is 24.0 Å². The Morgan fingerprint density at radius 3 is 2.48 bits per heavy atom. The number of piperazine rings is 1. The molecule has 4 rings (SSSR count). The minimum Gasteiger partial charge on any atom is -0.325 e. The van der Waals surface area contributed by atoms with Crippen LogP contribution >= 0.6 is 0 Å². The lowest BCUT2D eigenvalue weighted by atomic mass is 9.98. The van der Waals surface area contributed by atoms with Gasteiger partial charge in [0.1, 0.15) is 11.7 Å². The van der Waals surface area contributed by atoms with Crippen LogP contribution in [0.5, 0.6) is 0 Å². The summed E-state index contributed by atoms with van der Waals surface area (Å²) in [4.78, 5) is 33.8. The number of hydrogen-bond acceptors (Lipinski definition) is 3. The number of hydrogen-bond donors (Lipinski definition) is 0. The Morgan fingerprint density at radius 1 is 0.960 bits per heavy atom. The number of rotatable bonds is 3. The molecule has 0 radical (unpaired) electrons. The highest BCUT2D eigenvalue weighted by molar-refractivity contribution is 6.07. The van der Waals surface area contributed by atoms with Crippen LogP contribution in [0.1, 0.15) is 50.5 Å². The van der Waals surface area contributed by atoms with Gasteiger partial charge in [0.25, 0.3) is 11.8 Å². The van der Waals surface area contributed by atoms with Gasteiger partial charge in [-0.1, -0.05) is 49.6 Å². The van der Waals surface area contributed by atoms with Crippen molar-refractivity contribution in [2.75, 3.05) is 6.54 Å². The minimum atomic E-state index is -0.357. The van der Waals surface area contributed by atoms with Crippen LogP contribution in [-0.4, -0.2) is 40.5 Å². The lowest BCUT2D eigenvalue weighted by molar-refractivity contribution is -0.209. The van der Waals surface area contributed by atoms with Crippen molar-refractivity contribution in [3.05, 3.63) is 41.6 Å². The van der Waals surface area contributed by atoms with Crippen molar-refractivity contribution < 1.29 is 14.4 Å². The summed E-state index contributed by atoms with van der Waals surface area (Å²) >= 11 is 0. The lowest BCUT2D eigenvalue weighted by Crippen LogP contribution is -2.56. The predicted octanol–water partition coefficient (Wildman–Crippen LogP) is 3.13. The quantitative estimate of drug-likeness (QED) is 0.795. The Kier molecular flexibility index (Phi) is 4.57. The summed E-state index contributed by atoms with van der Waals surface area (Å²) < 4.78 is 0. The lowest BCUT2D eigenvalue weighted by Gasteiger charge is -2.39. The molecule has 3 aliphatic rings. The zero-order valence-corrected chi connectivity index (χ0v) is 14.4. The molecule has 1 aliphatic carbocycles. The van der Waals surface area contributed by atoms with Gasteiger partial charge in [0, 0.05) is 6.54 Å². The molecule has 0 N–H and O–H groups in total. The van der Waals surface area contributed by atoms with Gasteiger partial charge < -0.3 is 4.90 Å². The van der Waals surface area contributed by atoms with Crippen LogP contribution in [0.4, 0.5) is 0 Å². The fourth-order valence-electron chi connectivity index (χ4n) is 4.01. The highest BCUT2D eigenvalue weighted by Gasteiger charge is 2.46. The standard InChI is InChI=1S/C20H24N2O3/c23-19-18(14-15-8-3-1-4-9-15)22(25-16-10-5-2-6-11-16)20(24)17-12-7-13-21(17)19/h1,3-4,8-9,14,16-17H,2,5-7,10-13H2/b18-14+. The largest absolute Gasteiger partial charge is 0.325 e. The number of carbonyl (C=O) groups excluding carboxylic acids is 2. The number of hydroxylamine groups is 2. The first kappa shape index (κ1) is 16.3. The average Bonchev–Trinajstić information content (AvgIpc) is 3.14. The monoisotopic (exact) mass is 340 g/mol. The normalized spacial score (nSPS) is 26.4. The summed E-state index contributed by atoms with van der Waals surface area (Å²) in [7, 11) is 0. The Bertz CT molecular complexity index is 679. The first-order chi connectivity index (χ1) is 12.2. The van der Waals surface area contributed by atoms with Gasteiger partial charge in [0.2, 0.25) is 0 Å². The molecule has 2 aliphatic heterocycles. The number of carbonyl (C=O) groups is 2. The maximum atomic E-state index is 13.0. The number of benzene rings is 1. The van der Waals surface area contributed by atoms with Gasteiger partial charge >= 0.3 is 0 Å².